The van der Waals surface area contributed by atoms with Crippen molar-refractivity contribution in [2.75, 3.05) is 20.1 Å². The molecule has 1 N–H and O–H groups in total. The number of carbonyl (C=O) groups is 1. The number of furan rings is 1. The fourth-order valence-electron chi connectivity index (χ4n) is 3.00. The molecule has 134 valence electrons. The minimum atomic E-state index is -0.146. The monoisotopic (exact) mass is 342 g/mol. The van der Waals surface area contributed by atoms with Crippen molar-refractivity contribution in [3.05, 3.63) is 53.0 Å². The van der Waals surface area contributed by atoms with Gasteiger partial charge in [-0.25, -0.2) is 0 Å². The zero-order valence-corrected chi connectivity index (χ0v) is 15.2. The highest BCUT2D eigenvalue weighted by atomic mass is 16.5. The summed E-state index contributed by atoms with van der Waals surface area (Å²) >= 11 is 0. The molecule has 5 nitrogen and oxygen atoms in total. The predicted molar refractivity (Wildman–Crippen MR) is 96.9 cm³/mol. The summed E-state index contributed by atoms with van der Waals surface area (Å²) in [6.45, 7) is 6.38. The number of carbonyl (C=O) groups excluding carboxylic acids is 1. The lowest BCUT2D eigenvalue weighted by Gasteiger charge is -2.29. The second kappa shape index (κ2) is 7.74. The number of rotatable bonds is 5. The van der Waals surface area contributed by atoms with Crippen molar-refractivity contribution in [1.82, 2.24) is 10.2 Å². The van der Waals surface area contributed by atoms with Gasteiger partial charge in [0, 0.05) is 6.04 Å². The quantitative estimate of drug-likeness (QED) is 0.906. The summed E-state index contributed by atoms with van der Waals surface area (Å²) in [6.07, 6.45) is 1.96. The first-order chi connectivity index (χ1) is 12.0. The van der Waals surface area contributed by atoms with Crippen LogP contribution in [-0.2, 0) is 6.61 Å². The molecule has 5 heteroatoms. The first-order valence-electron chi connectivity index (χ1n) is 8.79. The molecule has 1 fully saturated rings. The Labute approximate surface area is 149 Å². The Kier molecular flexibility index (Phi) is 5.43. The Morgan fingerprint density at radius 2 is 2.00 bits per heavy atom. The van der Waals surface area contributed by atoms with Gasteiger partial charge < -0.3 is 19.4 Å². The van der Waals surface area contributed by atoms with Gasteiger partial charge in [0.1, 0.15) is 18.1 Å². The summed E-state index contributed by atoms with van der Waals surface area (Å²) in [7, 11) is 2.10. The molecule has 25 heavy (non-hydrogen) atoms. The molecule has 0 aliphatic carbocycles. The molecule has 2 aromatic rings. The highest BCUT2D eigenvalue weighted by molar-refractivity contribution is 5.91. The van der Waals surface area contributed by atoms with Crippen LogP contribution in [0.3, 0.4) is 0 Å². The fourth-order valence-corrected chi connectivity index (χ4v) is 3.00. The normalized spacial score (nSPS) is 16.0. The van der Waals surface area contributed by atoms with Crippen molar-refractivity contribution in [1.29, 1.82) is 0 Å². The number of nitrogens with one attached hydrogen (secondary N) is 1. The van der Waals surface area contributed by atoms with Crippen LogP contribution in [0.25, 0.3) is 0 Å². The maximum Gasteiger partial charge on any atom is 0.287 e. The molecule has 1 aromatic heterocycles. The Morgan fingerprint density at radius 1 is 1.24 bits per heavy atom. The first-order valence-corrected chi connectivity index (χ1v) is 8.79. The van der Waals surface area contributed by atoms with Crippen LogP contribution in [0.5, 0.6) is 5.75 Å². The number of aryl methyl sites for hydroxylation is 2. The van der Waals surface area contributed by atoms with E-state index in [1.54, 1.807) is 12.1 Å². The number of amides is 1. The van der Waals surface area contributed by atoms with Gasteiger partial charge in [-0.3, -0.25) is 4.79 Å². The topological polar surface area (TPSA) is 54.7 Å². The van der Waals surface area contributed by atoms with E-state index in [-0.39, 0.29) is 11.9 Å². The van der Waals surface area contributed by atoms with Crippen LogP contribution >= 0.6 is 0 Å². The van der Waals surface area contributed by atoms with Gasteiger partial charge in [-0.2, -0.15) is 0 Å². The molecule has 0 atom stereocenters. The van der Waals surface area contributed by atoms with Crippen LogP contribution in [0.1, 0.15) is 40.3 Å². The Hall–Kier alpha value is -2.27. The zero-order valence-electron chi connectivity index (χ0n) is 15.2. The molecule has 1 aliphatic rings. The Balaban J connectivity index is 1.55. The number of likely N-dealkylation sites (tertiary alicyclic amines) is 1. The lowest BCUT2D eigenvalue weighted by molar-refractivity contribution is 0.0884. The number of hydrogen-bond donors (Lipinski definition) is 1. The van der Waals surface area contributed by atoms with Gasteiger partial charge in [0.15, 0.2) is 5.76 Å². The maximum atomic E-state index is 12.3. The van der Waals surface area contributed by atoms with E-state index < -0.39 is 0 Å². The van der Waals surface area contributed by atoms with Crippen LogP contribution < -0.4 is 10.1 Å². The number of benzene rings is 1. The van der Waals surface area contributed by atoms with E-state index in [4.69, 9.17) is 9.15 Å². The van der Waals surface area contributed by atoms with Gasteiger partial charge in [-0.15, -0.1) is 0 Å². The van der Waals surface area contributed by atoms with Crippen LogP contribution in [-0.4, -0.2) is 37.0 Å². The third-order valence-corrected chi connectivity index (χ3v) is 4.65. The maximum absolute atomic E-state index is 12.3. The van der Waals surface area contributed by atoms with Crippen molar-refractivity contribution >= 4 is 5.91 Å². The molecule has 0 bridgehead atoms. The first kappa shape index (κ1) is 17.5. The van der Waals surface area contributed by atoms with E-state index in [1.165, 1.54) is 0 Å². The van der Waals surface area contributed by atoms with Gasteiger partial charge in [0.2, 0.25) is 0 Å². The summed E-state index contributed by atoms with van der Waals surface area (Å²) in [5, 5.41) is 3.06. The van der Waals surface area contributed by atoms with E-state index >= 15 is 0 Å². The van der Waals surface area contributed by atoms with Crippen molar-refractivity contribution in [3.63, 3.8) is 0 Å². The lowest BCUT2D eigenvalue weighted by atomic mass is 10.1. The van der Waals surface area contributed by atoms with E-state index in [1.807, 2.05) is 26.0 Å². The predicted octanol–water partition coefficient (Wildman–Crippen LogP) is 3.30. The molecular weight excluding hydrogens is 316 g/mol. The van der Waals surface area contributed by atoms with E-state index in [0.29, 0.717) is 18.1 Å². The molecule has 0 radical (unpaired) electrons. The molecule has 3 rings (SSSR count). The lowest BCUT2D eigenvalue weighted by Crippen LogP contribution is -2.43. The van der Waals surface area contributed by atoms with Gasteiger partial charge in [0.05, 0.1) is 0 Å². The highest BCUT2D eigenvalue weighted by Crippen LogP contribution is 2.21. The molecule has 0 saturated carbocycles. The standard InChI is InChI=1S/C20H26N2O3/c1-14-4-5-15(2)19(12-14)24-13-17-6-7-18(25-17)20(23)21-16-8-10-22(3)11-9-16/h4-7,12,16H,8-11,13H2,1-3H3,(H,21,23). The number of piperidine rings is 1. The van der Waals surface area contributed by atoms with Crippen molar-refractivity contribution in [2.24, 2.45) is 0 Å². The third kappa shape index (κ3) is 4.63. The Bertz CT molecular complexity index is 730. The summed E-state index contributed by atoms with van der Waals surface area (Å²) in [5.41, 5.74) is 2.23. The molecule has 2 heterocycles. The number of nitrogens with zero attached hydrogens (tertiary/aromatic N) is 1. The van der Waals surface area contributed by atoms with Crippen LogP contribution in [0, 0.1) is 13.8 Å². The number of ether oxygens (including phenoxy) is 1. The second-order valence-electron chi connectivity index (χ2n) is 6.87. The minimum absolute atomic E-state index is 0.146. The highest BCUT2D eigenvalue weighted by Gasteiger charge is 2.20. The van der Waals surface area contributed by atoms with Gasteiger partial charge in [0.25, 0.3) is 5.91 Å². The van der Waals surface area contributed by atoms with Crippen molar-refractivity contribution in [3.8, 4) is 5.75 Å². The van der Waals surface area contributed by atoms with Crippen molar-refractivity contribution < 1.29 is 13.9 Å². The molecule has 1 aliphatic heterocycles. The molecule has 1 saturated heterocycles. The minimum Gasteiger partial charge on any atom is -0.485 e. The van der Waals surface area contributed by atoms with Gasteiger partial charge >= 0.3 is 0 Å². The largest absolute Gasteiger partial charge is 0.485 e. The smallest absolute Gasteiger partial charge is 0.287 e. The van der Waals surface area contributed by atoms with Gasteiger partial charge in [-0.05, 0) is 76.2 Å². The Morgan fingerprint density at radius 3 is 2.76 bits per heavy atom. The van der Waals surface area contributed by atoms with Gasteiger partial charge in [-0.1, -0.05) is 12.1 Å². The average Bonchev–Trinajstić information content (AvgIpc) is 3.07. The van der Waals surface area contributed by atoms with Crippen LogP contribution in [0.15, 0.2) is 34.7 Å². The molecule has 0 spiro atoms. The summed E-state index contributed by atoms with van der Waals surface area (Å²) in [5.74, 6) is 1.69. The summed E-state index contributed by atoms with van der Waals surface area (Å²) < 4.78 is 11.5. The average molecular weight is 342 g/mol. The van der Waals surface area contributed by atoms with Crippen LogP contribution in [0.4, 0.5) is 0 Å². The SMILES string of the molecule is Cc1ccc(C)c(OCc2ccc(C(=O)NC3CCN(C)CC3)o2)c1. The van der Waals surface area contributed by atoms with E-state index in [9.17, 15) is 4.79 Å². The second-order valence-corrected chi connectivity index (χ2v) is 6.87. The molecule has 1 amide bonds. The number of hydrogen-bond acceptors (Lipinski definition) is 4. The summed E-state index contributed by atoms with van der Waals surface area (Å²) in [4.78, 5) is 14.6. The van der Waals surface area contributed by atoms with Crippen molar-refractivity contribution in [2.45, 2.75) is 39.3 Å². The molecule has 0 unspecified atom stereocenters. The molecule has 1 aromatic carbocycles. The van der Waals surface area contributed by atoms with Crippen LogP contribution in [0.2, 0.25) is 0 Å². The van der Waals surface area contributed by atoms with E-state index in [2.05, 4.69) is 23.3 Å². The summed E-state index contributed by atoms with van der Waals surface area (Å²) in [6, 6.07) is 9.84. The van der Waals surface area contributed by atoms with E-state index in [0.717, 1.165) is 42.8 Å². The molecular formula is C20H26N2O3. The third-order valence-electron chi connectivity index (χ3n) is 4.65. The fraction of sp³-hybridized carbons (Fsp3) is 0.450. The zero-order chi connectivity index (χ0) is 17.8.